The van der Waals surface area contributed by atoms with E-state index in [0.29, 0.717) is 0 Å². The van der Waals surface area contributed by atoms with Crippen LogP contribution in [0.25, 0.3) is 0 Å². The second kappa shape index (κ2) is 4.67. The van der Waals surface area contributed by atoms with E-state index in [9.17, 15) is 20.1 Å². The number of amides is 1. The van der Waals surface area contributed by atoms with Gasteiger partial charge in [0.2, 0.25) is 0 Å². The SMILES string of the molecule is O=C(Nc1ccccc1O)c1cc(O)ccc1O. The number of aromatic hydroxyl groups is 3. The van der Waals surface area contributed by atoms with Crippen molar-refractivity contribution in [2.45, 2.75) is 0 Å². The highest BCUT2D eigenvalue weighted by Crippen LogP contribution is 2.26. The first-order chi connectivity index (χ1) is 8.58. The number of anilines is 1. The number of hydrogen-bond acceptors (Lipinski definition) is 4. The van der Waals surface area contributed by atoms with Crippen LogP contribution >= 0.6 is 0 Å². The molecule has 92 valence electrons. The van der Waals surface area contributed by atoms with Gasteiger partial charge in [0.05, 0.1) is 11.3 Å². The van der Waals surface area contributed by atoms with Gasteiger partial charge in [-0.2, -0.15) is 0 Å². The quantitative estimate of drug-likeness (QED) is 0.481. The third-order valence-corrected chi connectivity index (χ3v) is 2.38. The van der Waals surface area contributed by atoms with E-state index in [1.165, 1.54) is 24.3 Å². The summed E-state index contributed by atoms with van der Waals surface area (Å²) in [7, 11) is 0. The van der Waals surface area contributed by atoms with Crippen LogP contribution in [0.2, 0.25) is 0 Å². The Morgan fingerprint density at radius 3 is 2.39 bits per heavy atom. The largest absolute Gasteiger partial charge is 0.508 e. The van der Waals surface area contributed by atoms with Crippen LogP contribution in [-0.4, -0.2) is 21.2 Å². The molecule has 2 aromatic rings. The van der Waals surface area contributed by atoms with E-state index in [2.05, 4.69) is 5.32 Å². The summed E-state index contributed by atoms with van der Waals surface area (Å²) in [6, 6.07) is 9.85. The molecule has 0 fully saturated rings. The van der Waals surface area contributed by atoms with Gasteiger partial charge in [0, 0.05) is 0 Å². The van der Waals surface area contributed by atoms with Gasteiger partial charge in [-0.15, -0.1) is 0 Å². The standard InChI is InChI=1S/C13H11NO4/c15-8-5-6-11(16)9(7-8)13(18)14-10-3-1-2-4-12(10)17/h1-7,15-17H,(H,14,18). The van der Waals surface area contributed by atoms with Crippen molar-refractivity contribution in [1.82, 2.24) is 0 Å². The maximum Gasteiger partial charge on any atom is 0.259 e. The number of carbonyl (C=O) groups is 1. The summed E-state index contributed by atoms with van der Waals surface area (Å²) in [5, 5.41) is 30.7. The Morgan fingerprint density at radius 1 is 0.944 bits per heavy atom. The number of carbonyl (C=O) groups excluding carboxylic acids is 1. The monoisotopic (exact) mass is 245 g/mol. The van der Waals surface area contributed by atoms with Gasteiger partial charge in [0.15, 0.2) is 0 Å². The predicted octanol–water partition coefficient (Wildman–Crippen LogP) is 2.06. The Morgan fingerprint density at radius 2 is 1.67 bits per heavy atom. The van der Waals surface area contributed by atoms with Crippen LogP contribution < -0.4 is 5.32 Å². The molecule has 0 radical (unpaired) electrons. The van der Waals surface area contributed by atoms with E-state index in [1.54, 1.807) is 12.1 Å². The molecule has 5 heteroatoms. The van der Waals surface area contributed by atoms with Gasteiger partial charge >= 0.3 is 0 Å². The lowest BCUT2D eigenvalue weighted by molar-refractivity contribution is 0.102. The molecule has 0 atom stereocenters. The van der Waals surface area contributed by atoms with Crippen molar-refractivity contribution in [3.63, 3.8) is 0 Å². The molecule has 2 rings (SSSR count). The Labute approximate surface area is 103 Å². The van der Waals surface area contributed by atoms with Crippen LogP contribution in [-0.2, 0) is 0 Å². The van der Waals surface area contributed by atoms with E-state index in [-0.39, 0.29) is 28.5 Å². The van der Waals surface area contributed by atoms with Gasteiger partial charge < -0.3 is 20.6 Å². The summed E-state index contributed by atoms with van der Waals surface area (Å²) in [4.78, 5) is 11.8. The van der Waals surface area contributed by atoms with E-state index in [4.69, 9.17) is 0 Å². The molecule has 0 aliphatic rings. The number of hydrogen-bond donors (Lipinski definition) is 4. The van der Waals surface area contributed by atoms with Crippen LogP contribution in [0.15, 0.2) is 42.5 Å². The van der Waals surface area contributed by atoms with E-state index in [1.807, 2.05) is 0 Å². The minimum Gasteiger partial charge on any atom is -0.508 e. The number of phenols is 3. The fourth-order valence-electron chi connectivity index (χ4n) is 1.47. The van der Waals surface area contributed by atoms with E-state index < -0.39 is 5.91 Å². The number of nitrogens with one attached hydrogen (secondary N) is 1. The van der Waals surface area contributed by atoms with Gasteiger partial charge in [0.1, 0.15) is 17.2 Å². The van der Waals surface area contributed by atoms with Crippen LogP contribution in [0.4, 0.5) is 5.69 Å². The number of para-hydroxylation sites is 2. The van der Waals surface area contributed by atoms with Gasteiger partial charge in [-0.1, -0.05) is 12.1 Å². The molecule has 18 heavy (non-hydrogen) atoms. The summed E-state index contributed by atoms with van der Waals surface area (Å²) in [5.74, 6) is -1.08. The molecule has 0 spiro atoms. The molecule has 5 nitrogen and oxygen atoms in total. The van der Waals surface area contributed by atoms with Crippen molar-refractivity contribution in [3.8, 4) is 17.2 Å². The highest BCUT2D eigenvalue weighted by molar-refractivity contribution is 6.07. The van der Waals surface area contributed by atoms with Gasteiger partial charge in [-0.25, -0.2) is 0 Å². The molecule has 0 aliphatic heterocycles. The van der Waals surface area contributed by atoms with Gasteiger partial charge in [-0.3, -0.25) is 4.79 Å². The number of phenolic OH excluding ortho intramolecular Hbond substituents is 3. The average molecular weight is 245 g/mol. The maximum atomic E-state index is 11.8. The highest BCUT2D eigenvalue weighted by Gasteiger charge is 2.13. The molecule has 1 amide bonds. The normalized spacial score (nSPS) is 10.0. The summed E-state index contributed by atoms with van der Waals surface area (Å²) < 4.78 is 0. The summed E-state index contributed by atoms with van der Waals surface area (Å²) in [5.41, 5.74) is 0.156. The third kappa shape index (κ3) is 2.35. The predicted molar refractivity (Wildman–Crippen MR) is 65.8 cm³/mol. The topological polar surface area (TPSA) is 89.8 Å². The van der Waals surface area contributed by atoms with Crippen LogP contribution in [0.1, 0.15) is 10.4 Å². The van der Waals surface area contributed by atoms with Crippen LogP contribution in [0.3, 0.4) is 0 Å². The maximum absolute atomic E-state index is 11.8. The van der Waals surface area contributed by atoms with Crippen molar-refractivity contribution >= 4 is 11.6 Å². The number of benzene rings is 2. The molecular weight excluding hydrogens is 234 g/mol. The lowest BCUT2D eigenvalue weighted by Crippen LogP contribution is -2.12. The second-order valence-electron chi connectivity index (χ2n) is 3.67. The average Bonchev–Trinajstić information content (AvgIpc) is 2.35. The van der Waals surface area contributed by atoms with Gasteiger partial charge in [-0.05, 0) is 30.3 Å². The molecule has 0 bridgehead atoms. The van der Waals surface area contributed by atoms with Crippen LogP contribution in [0.5, 0.6) is 17.2 Å². The molecule has 0 saturated heterocycles. The van der Waals surface area contributed by atoms with E-state index in [0.717, 1.165) is 6.07 Å². The first kappa shape index (κ1) is 11.8. The first-order valence-electron chi connectivity index (χ1n) is 5.19. The minimum atomic E-state index is -0.620. The van der Waals surface area contributed by atoms with Crippen molar-refractivity contribution in [3.05, 3.63) is 48.0 Å². The Hall–Kier alpha value is -2.69. The molecule has 4 N–H and O–H groups in total. The van der Waals surface area contributed by atoms with Crippen LogP contribution in [0, 0.1) is 0 Å². The molecule has 2 aromatic carbocycles. The fraction of sp³-hybridized carbons (Fsp3) is 0. The Kier molecular flexibility index (Phi) is 3.05. The number of rotatable bonds is 2. The first-order valence-corrected chi connectivity index (χ1v) is 5.19. The Bertz CT molecular complexity index is 595. The molecule has 0 saturated carbocycles. The van der Waals surface area contributed by atoms with Crippen molar-refractivity contribution in [2.24, 2.45) is 0 Å². The zero-order valence-corrected chi connectivity index (χ0v) is 9.29. The molecular formula is C13H11NO4. The zero-order chi connectivity index (χ0) is 13.1. The summed E-state index contributed by atoms with van der Waals surface area (Å²) in [6.07, 6.45) is 0. The lowest BCUT2D eigenvalue weighted by atomic mass is 10.1. The molecule has 0 aromatic heterocycles. The zero-order valence-electron chi connectivity index (χ0n) is 9.29. The lowest BCUT2D eigenvalue weighted by Gasteiger charge is -2.08. The molecule has 0 unspecified atom stereocenters. The summed E-state index contributed by atoms with van der Waals surface area (Å²) >= 11 is 0. The minimum absolute atomic E-state index is 0.0711. The van der Waals surface area contributed by atoms with Crippen molar-refractivity contribution in [1.29, 1.82) is 0 Å². The third-order valence-electron chi connectivity index (χ3n) is 2.38. The summed E-state index contributed by atoms with van der Waals surface area (Å²) in [6.45, 7) is 0. The second-order valence-corrected chi connectivity index (χ2v) is 3.67. The van der Waals surface area contributed by atoms with Gasteiger partial charge in [0.25, 0.3) is 5.91 Å². The highest BCUT2D eigenvalue weighted by atomic mass is 16.3. The molecule has 0 heterocycles. The smallest absolute Gasteiger partial charge is 0.259 e. The molecule has 0 aliphatic carbocycles. The van der Waals surface area contributed by atoms with Crippen molar-refractivity contribution < 1.29 is 20.1 Å². The Balaban J connectivity index is 2.28. The van der Waals surface area contributed by atoms with Crippen molar-refractivity contribution in [2.75, 3.05) is 5.32 Å². The van der Waals surface area contributed by atoms with E-state index >= 15 is 0 Å². The fourth-order valence-corrected chi connectivity index (χ4v) is 1.47.